The van der Waals surface area contributed by atoms with Gasteiger partial charge in [0.05, 0.1) is 5.60 Å². The van der Waals surface area contributed by atoms with E-state index in [0.29, 0.717) is 16.7 Å². The first-order valence-electron chi connectivity index (χ1n) is 6.03. The van der Waals surface area contributed by atoms with Crippen molar-refractivity contribution in [2.45, 2.75) is 31.3 Å². The van der Waals surface area contributed by atoms with Crippen molar-refractivity contribution in [3.05, 3.63) is 5.01 Å². The molecule has 2 rings (SSSR count). The van der Waals surface area contributed by atoms with E-state index >= 15 is 0 Å². The van der Waals surface area contributed by atoms with Crippen molar-refractivity contribution >= 4 is 22.4 Å². The highest BCUT2D eigenvalue weighted by molar-refractivity contribution is 7.17. The van der Waals surface area contributed by atoms with Gasteiger partial charge in [0.25, 0.3) is 5.91 Å². The van der Waals surface area contributed by atoms with Crippen molar-refractivity contribution in [3.63, 3.8) is 0 Å². The molecule has 1 fully saturated rings. The average Bonchev–Trinajstić information content (AvgIpc) is 2.96. The molecule has 0 radical (unpaired) electrons. The van der Waals surface area contributed by atoms with E-state index in [2.05, 4.69) is 15.5 Å². The minimum Gasteiger partial charge on any atom is -0.388 e. The van der Waals surface area contributed by atoms with Crippen molar-refractivity contribution in [3.8, 4) is 0 Å². The standard InChI is InChI=1S/C11H18N4O2S/c1-12-10-14-13-8(18-10)9(16)15(2)7-11(17)5-3-4-6-11/h17H,3-7H2,1-2H3,(H,12,14). The fourth-order valence-corrected chi connectivity index (χ4v) is 2.97. The molecule has 0 saturated heterocycles. The van der Waals surface area contributed by atoms with Gasteiger partial charge in [-0.3, -0.25) is 4.79 Å². The van der Waals surface area contributed by atoms with E-state index in [1.165, 1.54) is 16.2 Å². The highest BCUT2D eigenvalue weighted by atomic mass is 32.1. The number of rotatable bonds is 4. The molecule has 1 aromatic heterocycles. The van der Waals surface area contributed by atoms with Crippen LogP contribution in [0.25, 0.3) is 0 Å². The largest absolute Gasteiger partial charge is 0.388 e. The number of nitrogens with zero attached hydrogens (tertiary/aromatic N) is 3. The maximum Gasteiger partial charge on any atom is 0.284 e. The second kappa shape index (κ2) is 5.19. The molecule has 1 heterocycles. The zero-order chi connectivity index (χ0) is 13.2. The van der Waals surface area contributed by atoms with Crippen molar-refractivity contribution < 1.29 is 9.90 Å². The predicted octanol–water partition coefficient (Wildman–Crippen LogP) is 0.957. The predicted molar refractivity (Wildman–Crippen MR) is 69.8 cm³/mol. The molecule has 0 atom stereocenters. The fourth-order valence-electron chi connectivity index (χ4n) is 2.28. The molecule has 6 nitrogen and oxygen atoms in total. The number of nitrogens with one attached hydrogen (secondary N) is 1. The number of hydrogen-bond donors (Lipinski definition) is 2. The normalized spacial score (nSPS) is 17.7. The third kappa shape index (κ3) is 2.78. The zero-order valence-electron chi connectivity index (χ0n) is 10.6. The minimum absolute atomic E-state index is 0.186. The fraction of sp³-hybridized carbons (Fsp3) is 0.727. The van der Waals surface area contributed by atoms with E-state index in [9.17, 15) is 9.90 Å². The SMILES string of the molecule is CNc1nnc(C(=O)N(C)CC2(O)CCCC2)s1. The Morgan fingerprint density at radius 1 is 1.50 bits per heavy atom. The van der Waals surface area contributed by atoms with Crippen molar-refractivity contribution in [2.24, 2.45) is 0 Å². The second-order valence-corrected chi connectivity index (χ2v) is 5.73. The lowest BCUT2D eigenvalue weighted by Crippen LogP contribution is -2.42. The Labute approximate surface area is 110 Å². The number of carbonyl (C=O) groups is 1. The Hall–Kier alpha value is -1.21. The monoisotopic (exact) mass is 270 g/mol. The highest BCUT2D eigenvalue weighted by Gasteiger charge is 2.34. The van der Waals surface area contributed by atoms with Gasteiger partial charge in [-0.25, -0.2) is 0 Å². The van der Waals surface area contributed by atoms with Gasteiger partial charge in [-0.15, -0.1) is 10.2 Å². The van der Waals surface area contributed by atoms with Crippen molar-refractivity contribution in [1.82, 2.24) is 15.1 Å². The van der Waals surface area contributed by atoms with Crippen LogP contribution in [0.2, 0.25) is 0 Å². The van der Waals surface area contributed by atoms with Crippen molar-refractivity contribution in [1.29, 1.82) is 0 Å². The Balaban J connectivity index is 2.00. The van der Waals surface area contributed by atoms with E-state index < -0.39 is 5.60 Å². The summed E-state index contributed by atoms with van der Waals surface area (Å²) in [5, 5.41) is 21.8. The molecule has 0 bridgehead atoms. The first-order valence-corrected chi connectivity index (χ1v) is 6.85. The smallest absolute Gasteiger partial charge is 0.284 e. The van der Waals surface area contributed by atoms with E-state index in [-0.39, 0.29) is 5.91 Å². The Morgan fingerprint density at radius 3 is 2.72 bits per heavy atom. The summed E-state index contributed by atoms with van der Waals surface area (Å²) in [6.07, 6.45) is 3.59. The van der Waals surface area contributed by atoms with Crippen LogP contribution in [-0.4, -0.2) is 52.4 Å². The molecule has 0 aromatic carbocycles. The van der Waals surface area contributed by atoms with Crippen LogP contribution in [0.15, 0.2) is 0 Å². The maximum absolute atomic E-state index is 12.1. The van der Waals surface area contributed by atoms with Crippen LogP contribution < -0.4 is 5.32 Å². The van der Waals surface area contributed by atoms with Gasteiger partial charge in [-0.2, -0.15) is 0 Å². The van der Waals surface area contributed by atoms with Gasteiger partial charge in [0.2, 0.25) is 10.1 Å². The van der Waals surface area contributed by atoms with Gasteiger partial charge in [-0.1, -0.05) is 24.2 Å². The molecule has 0 aliphatic heterocycles. The molecule has 7 heteroatoms. The average molecular weight is 270 g/mol. The third-order valence-electron chi connectivity index (χ3n) is 3.23. The van der Waals surface area contributed by atoms with Gasteiger partial charge in [-0.05, 0) is 12.8 Å². The molecule has 0 spiro atoms. The summed E-state index contributed by atoms with van der Waals surface area (Å²) in [7, 11) is 3.43. The number of carbonyl (C=O) groups excluding carboxylic acids is 1. The minimum atomic E-state index is -0.721. The lowest BCUT2D eigenvalue weighted by molar-refractivity contribution is 0.0156. The number of aromatic nitrogens is 2. The van der Waals surface area contributed by atoms with E-state index in [4.69, 9.17) is 0 Å². The van der Waals surface area contributed by atoms with Crippen LogP contribution in [0.5, 0.6) is 0 Å². The van der Waals surface area contributed by atoms with Gasteiger partial charge < -0.3 is 15.3 Å². The number of likely N-dealkylation sites (N-methyl/N-ethyl adjacent to an activating group) is 1. The van der Waals surface area contributed by atoms with Gasteiger partial charge in [0, 0.05) is 20.6 Å². The molecule has 2 N–H and O–H groups in total. The molecule has 1 saturated carbocycles. The second-order valence-electron chi connectivity index (χ2n) is 4.76. The number of anilines is 1. The molecule has 1 aromatic rings. The van der Waals surface area contributed by atoms with Crippen molar-refractivity contribution in [2.75, 3.05) is 26.0 Å². The molecule has 1 aliphatic carbocycles. The molecule has 0 unspecified atom stereocenters. The number of hydrogen-bond acceptors (Lipinski definition) is 6. The topological polar surface area (TPSA) is 78.4 Å². The van der Waals surface area contributed by atoms with Crippen LogP contribution in [0.1, 0.15) is 35.5 Å². The van der Waals surface area contributed by atoms with Gasteiger partial charge in [0.15, 0.2) is 0 Å². The quantitative estimate of drug-likeness (QED) is 0.852. The summed E-state index contributed by atoms with van der Waals surface area (Å²) < 4.78 is 0. The summed E-state index contributed by atoms with van der Waals surface area (Å²) in [4.78, 5) is 13.6. The Bertz CT molecular complexity index is 428. The third-order valence-corrected chi connectivity index (χ3v) is 4.16. The molecule has 100 valence electrons. The summed E-state index contributed by atoms with van der Waals surface area (Å²) >= 11 is 1.22. The lowest BCUT2D eigenvalue weighted by Gasteiger charge is -2.27. The summed E-state index contributed by atoms with van der Waals surface area (Å²) in [6, 6.07) is 0. The van der Waals surface area contributed by atoms with Gasteiger partial charge >= 0.3 is 0 Å². The Morgan fingerprint density at radius 2 is 2.17 bits per heavy atom. The first-order chi connectivity index (χ1) is 8.54. The van der Waals surface area contributed by atoms with Crippen LogP contribution in [0, 0.1) is 0 Å². The molecule has 1 amide bonds. The summed E-state index contributed by atoms with van der Waals surface area (Å²) in [6.45, 7) is 0.361. The lowest BCUT2D eigenvalue weighted by atomic mass is 10.0. The first kappa shape index (κ1) is 13.2. The van der Waals surface area contributed by atoms with Crippen LogP contribution in [0.3, 0.4) is 0 Å². The highest BCUT2D eigenvalue weighted by Crippen LogP contribution is 2.30. The number of amides is 1. The van der Waals surface area contributed by atoms with Gasteiger partial charge in [0.1, 0.15) is 0 Å². The van der Waals surface area contributed by atoms with E-state index in [1.54, 1.807) is 14.1 Å². The zero-order valence-corrected chi connectivity index (χ0v) is 11.5. The molecule has 1 aliphatic rings. The molecular weight excluding hydrogens is 252 g/mol. The maximum atomic E-state index is 12.1. The van der Waals surface area contributed by atoms with E-state index in [0.717, 1.165) is 25.7 Å². The van der Waals surface area contributed by atoms with E-state index in [1.807, 2.05) is 0 Å². The summed E-state index contributed by atoms with van der Waals surface area (Å²) in [5.41, 5.74) is -0.721. The van der Waals surface area contributed by atoms with Crippen LogP contribution in [0.4, 0.5) is 5.13 Å². The van der Waals surface area contributed by atoms with Crippen LogP contribution in [-0.2, 0) is 0 Å². The number of aliphatic hydroxyl groups is 1. The Kier molecular flexibility index (Phi) is 3.82. The summed E-state index contributed by atoms with van der Waals surface area (Å²) in [5.74, 6) is -0.186. The molecular formula is C11H18N4O2S. The van der Waals surface area contributed by atoms with Crippen LogP contribution >= 0.6 is 11.3 Å². The molecule has 18 heavy (non-hydrogen) atoms.